The minimum Gasteiger partial charge on any atom is -0.344 e. The molecule has 0 aromatic heterocycles. The third-order valence-electron chi connectivity index (χ3n) is 3.37. The zero-order valence-corrected chi connectivity index (χ0v) is 11.5. The van der Waals surface area contributed by atoms with Gasteiger partial charge in [0.25, 0.3) is 0 Å². The molecule has 0 aliphatic carbocycles. The van der Waals surface area contributed by atoms with Crippen LogP contribution in [-0.2, 0) is 4.79 Å². The van der Waals surface area contributed by atoms with Crippen LogP contribution < -0.4 is 10.6 Å². The summed E-state index contributed by atoms with van der Waals surface area (Å²) in [7, 11) is 0. The lowest BCUT2D eigenvalue weighted by molar-refractivity contribution is -0.122. The predicted molar refractivity (Wildman–Crippen MR) is 74.2 cm³/mol. The van der Waals surface area contributed by atoms with Crippen LogP contribution in [0.4, 0.5) is 0 Å². The molecule has 0 bridgehead atoms. The van der Waals surface area contributed by atoms with Crippen molar-refractivity contribution in [1.82, 2.24) is 15.5 Å². The molecule has 0 radical (unpaired) electrons. The molecule has 1 aliphatic heterocycles. The van der Waals surface area contributed by atoms with Crippen LogP contribution in [0.2, 0.25) is 0 Å². The van der Waals surface area contributed by atoms with Crippen molar-refractivity contribution in [3.05, 3.63) is 0 Å². The Morgan fingerprint density at radius 2 is 2.17 bits per heavy atom. The van der Waals surface area contributed by atoms with Crippen molar-refractivity contribution < 1.29 is 4.79 Å². The average Bonchev–Trinajstić information content (AvgIpc) is 2.38. The Morgan fingerprint density at radius 3 is 2.72 bits per heavy atom. The fourth-order valence-corrected chi connectivity index (χ4v) is 2.36. The minimum absolute atomic E-state index is 0.0102. The summed E-state index contributed by atoms with van der Waals surface area (Å²) in [5.41, 5.74) is 0. The highest BCUT2D eigenvalue weighted by Crippen LogP contribution is 2.11. The maximum absolute atomic E-state index is 11.7. The number of rotatable bonds is 6. The van der Waals surface area contributed by atoms with E-state index in [-0.39, 0.29) is 11.9 Å². The van der Waals surface area contributed by atoms with Crippen molar-refractivity contribution in [2.45, 2.75) is 45.2 Å². The van der Waals surface area contributed by atoms with E-state index in [1.165, 1.54) is 13.0 Å². The van der Waals surface area contributed by atoms with Crippen LogP contribution in [0.1, 0.15) is 33.1 Å². The van der Waals surface area contributed by atoms with Gasteiger partial charge in [0.1, 0.15) is 0 Å². The van der Waals surface area contributed by atoms with Crippen LogP contribution in [0, 0.1) is 12.3 Å². The number of hydrogen-bond donors (Lipinski definition) is 2. The lowest BCUT2D eigenvalue weighted by atomic mass is 10.0. The Labute approximate surface area is 110 Å². The minimum atomic E-state index is -0.166. The Morgan fingerprint density at radius 1 is 1.50 bits per heavy atom. The zero-order valence-electron chi connectivity index (χ0n) is 11.5. The van der Waals surface area contributed by atoms with Gasteiger partial charge in [-0.3, -0.25) is 4.79 Å². The van der Waals surface area contributed by atoms with E-state index in [0.29, 0.717) is 12.6 Å². The van der Waals surface area contributed by atoms with Crippen molar-refractivity contribution in [1.29, 1.82) is 0 Å². The number of piperidine rings is 1. The number of amides is 1. The molecule has 4 nitrogen and oxygen atoms in total. The van der Waals surface area contributed by atoms with E-state index in [0.717, 1.165) is 25.9 Å². The molecular weight excluding hydrogens is 226 g/mol. The first-order valence-electron chi connectivity index (χ1n) is 6.87. The molecule has 0 aromatic carbocycles. The topological polar surface area (TPSA) is 44.4 Å². The van der Waals surface area contributed by atoms with Crippen LogP contribution in [0.15, 0.2) is 0 Å². The molecule has 2 N–H and O–H groups in total. The van der Waals surface area contributed by atoms with E-state index in [4.69, 9.17) is 6.42 Å². The third kappa shape index (κ3) is 5.07. The molecule has 1 unspecified atom stereocenters. The van der Waals surface area contributed by atoms with Gasteiger partial charge in [0.15, 0.2) is 0 Å². The number of hydrogen-bond acceptors (Lipinski definition) is 3. The van der Waals surface area contributed by atoms with Crippen molar-refractivity contribution in [2.24, 2.45) is 0 Å². The molecular formula is C14H25N3O. The second kappa shape index (κ2) is 8.12. The van der Waals surface area contributed by atoms with Gasteiger partial charge in [-0.25, -0.2) is 0 Å². The fraction of sp³-hybridized carbons (Fsp3) is 0.786. The Hall–Kier alpha value is -1.05. The van der Waals surface area contributed by atoms with Crippen LogP contribution in [0.5, 0.6) is 0 Å². The van der Waals surface area contributed by atoms with Gasteiger partial charge in [0, 0.05) is 6.04 Å². The van der Waals surface area contributed by atoms with E-state index in [1.54, 1.807) is 0 Å². The lowest BCUT2D eigenvalue weighted by Gasteiger charge is -2.33. The molecule has 1 saturated heterocycles. The summed E-state index contributed by atoms with van der Waals surface area (Å²) < 4.78 is 0. The summed E-state index contributed by atoms with van der Waals surface area (Å²) in [4.78, 5) is 14.2. The number of nitrogens with zero attached hydrogens (tertiary/aromatic N) is 1. The van der Waals surface area contributed by atoms with Crippen LogP contribution >= 0.6 is 0 Å². The lowest BCUT2D eigenvalue weighted by Crippen LogP contribution is -2.50. The van der Waals surface area contributed by atoms with Gasteiger partial charge in [0.05, 0.1) is 12.6 Å². The number of carbonyl (C=O) groups excluding carboxylic acids is 1. The molecule has 102 valence electrons. The van der Waals surface area contributed by atoms with Crippen LogP contribution in [0.25, 0.3) is 0 Å². The third-order valence-corrected chi connectivity index (χ3v) is 3.37. The van der Waals surface area contributed by atoms with E-state index in [9.17, 15) is 4.79 Å². The standard InChI is InChI=1S/C14H25N3O/c1-4-8-15-14(18)12(3)16-13-6-10-17(9-5-2)11-7-13/h1,12-13,16H,5-11H2,2-3H3,(H,15,18). The first-order chi connectivity index (χ1) is 8.67. The summed E-state index contributed by atoms with van der Waals surface area (Å²) >= 11 is 0. The smallest absolute Gasteiger partial charge is 0.237 e. The molecule has 1 amide bonds. The zero-order chi connectivity index (χ0) is 13.4. The van der Waals surface area contributed by atoms with E-state index in [1.807, 2.05) is 6.92 Å². The first-order valence-corrected chi connectivity index (χ1v) is 6.87. The maximum atomic E-state index is 11.7. The SMILES string of the molecule is C#CCNC(=O)C(C)NC1CCN(CCC)CC1. The van der Waals surface area contributed by atoms with Crippen LogP contribution in [-0.4, -0.2) is 49.1 Å². The number of likely N-dealkylation sites (tertiary alicyclic amines) is 1. The largest absolute Gasteiger partial charge is 0.344 e. The van der Waals surface area contributed by atoms with E-state index < -0.39 is 0 Å². The van der Waals surface area contributed by atoms with Gasteiger partial charge >= 0.3 is 0 Å². The number of nitrogens with one attached hydrogen (secondary N) is 2. The quantitative estimate of drug-likeness (QED) is 0.679. The van der Waals surface area contributed by atoms with E-state index >= 15 is 0 Å². The summed E-state index contributed by atoms with van der Waals surface area (Å²) in [6, 6.07) is 0.283. The highest BCUT2D eigenvalue weighted by molar-refractivity contribution is 5.81. The normalized spacial score (nSPS) is 19.2. The Kier molecular flexibility index (Phi) is 6.77. The molecule has 4 heteroatoms. The van der Waals surface area contributed by atoms with Gasteiger partial charge in [-0.1, -0.05) is 12.8 Å². The predicted octanol–water partition coefficient (Wildman–Crippen LogP) is 0.588. The molecule has 18 heavy (non-hydrogen) atoms. The molecule has 0 aromatic rings. The fourth-order valence-electron chi connectivity index (χ4n) is 2.36. The van der Waals surface area contributed by atoms with Gasteiger partial charge in [0.2, 0.25) is 5.91 Å². The van der Waals surface area contributed by atoms with Gasteiger partial charge in [-0.15, -0.1) is 6.42 Å². The second-order valence-corrected chi connectivity index (χ2v) is 4.93. The van der Waals surface area contributed by atoms with Crippen molar-refractivity contribution >= 4 is 5.91 Å². The van der Waals surface area contributed by atoms with Gasteiger partial charge < -0.3 is 15.5 Å². The average molecular weight is 251 g/mol. The van der Waals surface area contributed by atoms with Crippen molar-refractivity contribution in [3.63, 3.8) is 0 Å². The van der Waals surface area contributed by atoms with Crippen molar-refractivity contribution in [2.75, 3.05) is 26.2 Å². The number of terminal acetylenes is 1. The first kappa shape index (κ1) is 15.0. The monoisotopic (exact) mass is 251 g/mol. The summed E-state index contributed by atoms with van der Waals surface area (Å²) in [5.74, 6) is 2.40. The summed E-state index contributed by atoms with van der Waals surface area (Å²) in [5, 5.41) is 6.09. The van der Waals surface area contributed by atoms with Gasteiger partial charge in [-0.2, -0.15) is 0 Å². The van der Waals surface area contributed by atoms with E-state index in [2.05, 4.69) is 28.4 Å². The summed E-state index contributed by atoms with van der Waals surface area (Å²) in [6.45, 7) is 7.85. The molecule has 0 saturated carbocycles. The molecule has 1 fully saturated rings. The molecule has 1 rings (SSSR count). The molecule has 0 spiro atoms. The van der Waals surface area contributed by atoms with Gasteiger partial charge in [-0.05, 0) is 45.8 Å². The van der Waals surface area contributed by atoms with Crippen LogP contribution in [0.3, 0.4) is 0 Å². The second-order valence-electron chi connectivity index (χ2n) is 4.93. The number of carbonyl (C=O) groups is 1. The Bertz CT molecular complexity index is 290. The highest BCUT2D eigenvalue weighted by atomic mass is 16.2. The summed E-state index contributed by atoms with van der Waals surface area (Å²) in [6.07, 6.45) is 8.56. The highest BCUT2D eigenvalue weighted by Gasteiger charge is 2.22. The Balaban J connectivity index is 2.23. The van der Waals surface area contributed by atoms with Crippen molar-refractivity contribution in [3.8, 4) is 12.3 Å². The molecule has 1 heterocycles. The maximum Gasteiger partial charge on any atom is 0.237 e. The molecule has 1 atom stereocenters. The molecule has 1 aliphatic rings.